The fourth-order valence-corrected chi connectivity index (χ4v) is 3.54. The van der Waals surface area contributed by atoms with Crippen LogP contribution in [0, 0.1) is 6.92 Å². The van der Waals surface area contributed by atoms with Crippen LogP contribution < -0.4 is 4.57 Å². The molecular weight excluding hydrogens is 298 g/mol. The molecule has 0 fully saturated rings. The molecule has 0 saturated heterocycles. The lowest BCUT2D eigenvalue weighted by molar-refractivity contribution is -0.634. The van der Waals surface area contributed by atoms with Gasteiger partial charge >= 0.3 is 0 Å². The zero-order valence-electron chi connectivity index (χ0n) is 14.8. The average molecular weight is 320 g/mol. The van der Waals surface area contributed by atoms with E-state index in [0.29, 0.717) is 0 Å². The molecule has 4 nitrogen and oxygen atoms in total. The van der Waals surface area contributed by atoms with E-state index in [0.717, 1.165) is 11.1 Å². The molecule has 2 heterocycles. The summed E-state index contributed by atoms with van der Waals surface area (Å²) in [6, 6.07) is 12.7. The van der Waals surface area contributed by atoms with E-state index in [-0.39, 0.29) is 5.54 Å². The second-order valence-electron chi connectivity index (χ2n) is 7.36. The monoisotopic (exact) mass is 320 g/mol. The number of hydrogen-bond acceptors (Lipinski definition) is 2. The topological polar surface area (TPSA) is 34.8 Å². The van der Waals surface area contributed by atoms with E-state index in [1.54, 1.807) is 0 Å². The summed E-state index contributed by atoms with van der Waals surface area (Å²) in [5.74, 6) is 1.18. The number of aryl methyl sites for hydroxylation is 2. The summed E-state index contributed by atoms with van der Waals surface area (Å²) in [6.07, 6.45) is 1.51. The van der Waals surface area contributed by atoms with Crippen LogP contribution >= 0.6 is 0 Å². The molecule has 2 aromatic heterocycles. The Labute approximate surface area is 141 Å². The SMILES string of the molecule is Cc1cc2ncoc2cc1-c1n(C(C)(C)C)c2ccccc2[n+]1C. The average Bonchev–Trinajstić information content (AvgIpc) is 3.08. The van der Waals surface area contributed by atoms with Crippen molar-refractivity contribution in [3.05, 3.63) is 48.4 Å². The van der Waals surface area contributed by atoms with E-state index in [1.807, 2.05) is 0 Å². The quantitative estimate of drug-likeness (QED) is 0.489. The summed E-state index contributed by atoms with van der Waals surface area (Å²) in [5, 5.41) is 0. The van der Waals surface area contributed by atoms with Gasteiger partial charge in [-0.3, -0.25) is 0 Å². The van der Waals surface area contributed by atoms with Crippen LogP contribution in [-0.2, 0) is 12.6 Å². The van der Waals surface area contributed by atoms with E-state index >= 15 is 0 Å². The maximum absolute atomic E-state index is 5.54. The van der Waals surface area contributed by atoms with Gasteiger partial charge in [-0.15, -0.1) is 0 Å². The summed E-state index contributed by atoms with van der Waals surface area (Å²) in [7, 11) is 2.13. The van der Waals surface area contributed by atoms with Gasteiger partial charge in [0.1, 0.15) is 11.1 Å². The lowest BCUT2D eigenvalue weighted by atomic mass is 10.0. The van der Waals surface area contributed by atoms with Crippen LogP contribution in [0.4, 0.5) is 0 Å². The van der Waals surface area contributed by atoms with Crippen LogP contribution in [0.1, 0.15) is 26.3 Å². The molecule has 0 amide bonds. The van der Waals surface area contributed by atoms with Crippen molar-refractivity contribution in [2.75, 3.05) is 0 Å². The number of fused-ring (bicyclic) bond motifs is 2. The van der Waals surface area contributed by atoms with Crippen LogP contribution in [0.3, 0.4) is 0 Å². The minimum Gasteiger partial charge on any atom is -0.443 e. The highest BCUT2D eigenvalue weighted by molar-refractivity contribution is 5.83. The van der Waals surface area contributed by atoms with Crippen molar-refractivity contribution in [3.8, 4) is 11.4 Å². The van der Waals surface area contributed by atoms with Crippen molar-refractivity contribution in [1.29, 1.82) is 0 Å². The number of oxazole rings is 1. The first-order valence-electron chi connectivity index (χ1n) is 8.22. The standard InChI is InChI=1S/C20H22N3O/c1-13-10-15-18(24-12-21-15)11-14(13)19-22(5)16-8-6-7-9-17(16)23(19)20(2,3)4/h6-12H,1-5H3/q+1. The van der Waals surface area contributed by atoms with Gasteiger partial charge in [0.05, 0.1) is 12.6 Å². The summed E-state index contributed by atoms with van der Waals surface area (Å²) < 4.78 is 10.2. The van der Waals surface area contributed by atoms with E-state index in [9.17, 15) is 0 Å². The minimum atomic E-state index is -0.0427. The van der Waals surface area contributed by atoms with Crippen LogP contribution in [0.15, 0.2) is 47.2 Å². The fourth-order valence-electron chi connectivity index (χ4n) is 3.54. The molecule has 0 radical (unpaired) electrons. The molecule has 0 unspecified atom stereocenters. The third kappa shape index (κ3) is 2.06. The second kappa shape index (κ2) is 4.94. The molecule has 0 N–H and O–H groups in total. The number of aromatic nitrogens is 3. The van der Waals surface area contributed by atoms with Crippen LogP contribution in [0.25, 0.3) is 33.5 Å². The third-order valence-corrected chi connectivity index (χ3v) is 4.60. The number of para-hydroxylation sites is 2. The lowest BCUT2D eigenvalue weighted by Gasteiger charge is -2.18. The van der Waals surface area contributed by atoms with Gasteiger partial charge in [0.15, 0.2) is 23.0 Å². The van der Waals surface area contributed by atoms with Gasteiger partial charge in [-0.1, -0.05) is 12.1 Å². The Hall–Kier alpha value is -2.62. The van der Waals surface area contributed by atoms with E-state index in [4.69, 9.17) is 4.42 Å². The van der Waals surface area contributed by atoms with Crippen molar-refractivity contribution in [1.82, 2.24) is 9.55 Å². The molecule has 2 aromatic carbocycles. The summed E-state index contributed by atoms with van der Waals surface area (Å²) in [5.41, 5.74) is 6.50. The summed E-state index contributed by atoms with van der Waals surface area (Å²) >= 11 is 0. The Morgan fingerprint density at radius 1 is 1.12 bits per heavy atom. The van der Waals surface area contributed by atoms with Gasteiger partial charge in [-0.05, 0) is 57.5 Å². The second-order valence-corrected chi connectivity index (χ2v) is 7.36. The van der Waals surface area contributed by atoms with Crippen LogP contribution in [0.5, 0.6) is 0 Å². The molecule has 122 valence electrons. The minimum absolute atomic E-state index is 0.0427. The number of benzene rings is 2. The Morgan fingerprint density at radius 2 is 1.88 bits per heavy atom. The van der Waals surface area contributed by atoms with Crippen LogP contribution in [-0.4, -0.2) is 9.55 Å². The molecule has 0 atom stereocenters. The maximum atomic E-state index is 5.54. The normalized spacial score (nSPS) is 12.4. The van der Waals surface area contributed by atoms with E-state index in [1.165, 1.54) is 34.4 Å². The zero-order valence-corrected chi connectivity index (χ0v) is 14.8. The Kier molecular flexibility index (Phi) is 3.07. The van der Waals surface area contributed by atoms with Crippen LogP contribution in [0.2, 0.25) is 0 Å². The first-order valence-corrected chi connectivity index (χ1v) is 8.22. The van der Waals surface area contributed by atoms with Gasteiger partial charge in [0, 0.05) is 0 Å². The molecule has 0 aliphatic rings. The number of rotatable bonds is 1. The molecule has 4 heteroatoms. The smallest absolute Gasteiger partial charge is 0.290 e. The van der Waals surface area contributed by atoms with E-state index in [2.05, 4.69) is 85.3 Å². The molecule has 0 aliphatic carbocycles. The fraction of sp³-hybridized carbons (Fsp3) is 0.300. The molecule has 0 aliphatic heterocycles. The largest absolute Gasteiger partial charge is 0.443 e. The Balaban J connectivity index is 2.15. The first kappa shape index (κ1) is 14.9. The number of imidazole rings is 1. The molecule has 24 heavy (non-hydrogen) atoms. The summed E-state index contributed by atoms with van der Waals surface area (Å²) in [6.45, 7) is 8.86. The zero-order chi connectivity index (χ0) is 17.1. The van der Waals surface area contributed by atoms with Crippen molar-refractivity contribution in [2.24, 2.45) is 7.05 Å². The maximum Gasteiger partial charge on any atom is 0.290 e. The molecule has 0 saturated carbocycles. The van der Waals surface area contributed by atoms with Crippen molar-refractivity contribution < 1.29 is 8.98 Å². The van der Waals surface area contributed by atoms with Gasteiger partial charge in [0.25, 0.3) is 5.82 Å². The molecule has 0 spiro atoms. The van der Waals surface area contributed by atoms with Gasteiger partial charge < -0.3 is 4.42 Å². The number of nitrogens with zero attached hydrogens (tertiary/aromatic N) is 3. The van der Waals surface area contributed by atoms with E-state index < -0.39 is 0 Å². The van der Waals surface area contributed by atoms with Gasteiger partial charge in [-0.25, -0.2) is 14.1 Å². The molecule has 4 rings (SSSR count). The number of hydrogen-bond donors (Lipinski definition) is 0. The highest BCUT2D eigenvalue weighted by atomic mass is 16.3. The predicted octanol–water partition coefficient (Wildman–Crippen LogP) is 4.34. The molecule has 4 aromatic rings. The Bertz CT molecular complexity index is 1060. The van der Waals surface area contributed by atoms with Crippen molar-refractivity contribution >= 4 is 22.1 Å². The van der Waals surface area contributed by atoms with Crippen molar-refractivity contribution in [2.45, 2.75) is 33.2 Å². The Morgan fingerprint density at radius 3 is 2.62 bits per heavy atom. The first-order chi connectivity index (χ1) is 11.4. The van der Waals surface area contributed by atoms with Gasteiger partial charge in [0.2, 0.25) is 0 Å². The van der Waals surface area contributed by atoms with Gasteiger partial charge in [-0.2, -0.15) is 0 Å². The third-order valence-electron chi connectivity index (χ3n) is 4.60. The highest BCUT2D eigenvalue weighted by Gasteiger charge is 2.33. The molecular formula is C20H22N3O+. The van der Waals surface area contributed by atoms with Crippen molar-refractivity contribution in [3.63, 3.8) is 0 Å². The lowest BCUT2D eigenvalue weighted by Crippen LogP contribution is -2.33. The summed E-state index contributed by atoms with van der Waals surface area (Å²) in [4.78, 5) is 4.27. The highest BCUT2D eigenvalue weighted by Crippen LogP contribution is 2.33. The molecule has 0 bridgehead atoms. The predicted molar refractivity (Wildman–Crippen MR) is 95.9 cm³/mol.